The Morgan fingerprint density at radius 2 is 1.85 bits per heavy atom. The molecule has 0 radical (unpaired) electrons. The van der Waals surface area contributed by atoms with Crippen LogP contribution in [-0.4, -0.2) is 22.1 Å². The number of alkyl halides is 4. The van der Waals surface area contributed by atoms with Gasteiger partial charge in [-0.05, 0) is 42.5 Å². The van der Waals surface area contributed by atoms with Gasteiger partial charge in [-0.2, -0.15) is 13.2 Å². The minimum absolute atomic E-state index is 0.0618. The van der Waals surface area contributed by atoms with Gasteiger partial charge in [-0.1, -0.05) is 32.7 Å². The summed E-state index contributed by atoms with van der Waals surface area (Å²) in [6.45, 7) is 0. The second-order valence-corrected chi connectivity index (χ2v) is 6.29. The van der Waals surface area contributed by atoms with Crippen LogP contribution in [-0.2, 0) is 11.5 Å². The summed E-state index contributed by atoms with van der Waals surface area (Å²) in [5.41, 5.74) is 1.57. The van der Waals surface area contributed by atoms with Crippen LogP contribution in [0.4, 0.5) is 13.2 Å². The van der Waals surface area contributed by atoms with Gasteiger partial charge in [0.15, 0.2) is 0 Å². The molecule has 0 spiro atoms. The molecule has 0 fully saturated rings. The molecule has 0 atom stereocenters. The van der Waals surface area contributed by atoms with E-state index in [2.05, 4.69) is 26.2 Å². The number of aromatic nitrogens is 3. The van der Waals surface area contributed by atoms with Crippen molar-refractivity contribution in [3.05, 3.63) is 58.7 Å². The zero-order chi connectivity index (χ0) is 18.9. The minimum atomic E-state index is -4.46. The highest BCUT2D eigenvalue weighted by Gasteiger charge is 2.31. The van der Waals surface area contributed by atoms with Gasteiger partial charge in [-0.15, -0.1) is 5.10 Å². The first kappa shape index (κ1) is 18.7. The van der Waals surface area contributed by atoms with Crippen molar-refractivity contribution in [1.29, 1.82) is 0 Å². The Morgan fingerprint density at radius 1 is 1.15 bits per heavy atom. The topological polar surface area (TPSA) is 39.9 Å². The molecule has 0 saturated heterocycles. The third kappa shape index (κ3) is 3.57. The van der Waals surface area contributed by atoms with E-state index in [-0.39, 0.29) is 5.02 Å². The quantitative estimate of drug-likeness (QED) is 0.496. The number of hydrogen-bond donors (Lipinski definition) is 0. The lowest BCUT2D eigenvalue weighted by Gasteiger charge is -2.11. The van der Waals surface area contributed by atoms with Crippen LogP contribution in [0.3, 0.4) is 0 Å². The van der Waals surface area contributed by atoms with Gasteiger partial charge >= 0.3 is 6.18 Å². The van der Waals surface area contributed by atoms with Gasteiger partial charge in [0, 0.05) is 10.9 Å². The van der Waals surface area contributed by atoms with Crippen molar-refractivity contribution in [3.8, 4) is 22.7 Å². The van der Waals surface area contributed by atoms with Gasteiger partial charge in [0.25, 0.3) is 0 Å². The molecule has 0 N–H and O–H groups in total. The molecule has 4 nitrogen and oxygen atoms in total. The summed E-state index contributed by atoms with van der Waals surface area (Å²) >= 11 is 9.46. The maximum atomic E-state index is 12.8. The molecule has 136 valence electrons. The number of benzene rings is 2. The van der Waals surface area contributed by atoms with Gasteiger partial charge in [0.2, 0.25) is 0 Å². The Balaban J connectivity index is 2.05. The van der Waals surface area contributed by atoms with E-state index in [1.165, 1.54) is 10.7 Å². The number of methoxy groups -OCH3 is 1. The van der Waals surface area contributed by atoms with Crippen molar-refractivity contribution >= 4 is 27.5 Å². The number of halogens is 5. The van der Waals surface area contributed by atoms with Gasteiger partial charge in [0.05, 0.1) is 29.1 Å². The fraction of sp³-hybridized carbons (Fsp3) is 0.176. The van der Waals surface area contributed by atoms with E-state index in [1.54, 1.807) is 19.2 Å². The molecule has 1 aromatic heterocycles. The number of rotatable bonds is 4. The van der Waals surface area contributed by atoms with Crippen LogP contribution in [0.2, 0.25) is 5.02 Å². The highest BCUT2D eigenvalue weighted by molar-refractivity contribution is 9.08. The minimum Gasteiger partial charge on any atom is -0.497 e. The van der Waals surface area contributed by atoms with Crippen molar-refractivity contribution in [2.75, 3.05) is 7.11 Å². The van der Waals surface area contributed by atoms with E-state index in [9.17, 15) is 13.2 Å². The Labute approximate surface area is 160 Å². The van der Waals surface area contributed by atoms with Crippen LogP contribution < -0.4 is 4.74 Å². The Morgan fingerprint density at radius 3 is 2.38 bits per heavy atom. The Kier molecular flexibility index (Phi) is 5.24. The summed E-state index contributed by atoms with van der Waals surface area (Å²) < 4.78 is 45.0. The van der Waals surface area contributed by atoms with E-state index in [0.717, 1.165) is 17.7 Å². The molecule has 26 heavy (non-hydrogen) atoms. The van der Waals surface area contributed by atoms with Crippen molar-refractivity contribution in [2.24, 2.45) is 0 Å². The summed E-state index contributed by atoms with van der Waals surface area (Å²) in [6.07, 6.45) is -4.46. The lowest BCUT2D eigenvalue weighted by molar-refractivity contribution is -0.137. The fourth-order valence-electron chi connectivity index (χ4n) is 2.44. The molecular weight excluding hydrogens is 435 g/mol. The van der Waals surface area contributed by atoms with Crippen molar-refractivity contribution in [2.45, 2.75) is 11.5 Å². The molecule has 3 rings (SSSR count). The first-order chi connectivity index (χ1) is 12.3. The summed E-state index contributed by atoms with van der Waals surface area (Å²) in [6, 6.07) is 10.4. The number of hydrogen-bond acceptors (Lipinski definition) is 3. The highest BCUT2D eigenvalue weighted by Crippen LogP contribution is 2.34. The van der Waals surface area contributed by atoms with E-state index in [0.29, 0.717) is 28.2 Å². The number of ether oxygens (including phenoxy) is 1. The lowest BCUT2D eigenvalue weighted by atomic mass is 10.1. The largest absolute Gasteiger partial charge is 0.497 e. The first-order valence-corrected chi connectivity index (χ1v) is 8.87. The van der Waals surface area contributed by atoms with E-state index in [1.807, 2.05) is 12.1 Å². The third-order valence-electron chi connectivity index (χ3n) is 3.76. The third-order valence-corrected chi connectivity index (χ3v) is 4.59. The van der Waals surface area contributed by atoms with Crippen LogP contribution in [0.25, 0.3) is 16.9 Å². The molecule has 9 heteroatoms. The Bertz CT molecular complexity index is 926. The van der Waals surface area contributed by atoms with Gasteiger partial charge in [0.1, 0.15) is 11.4 Å². The summed E-state index contributed by atoms with van der Waals surface area (Å²) in [4.78, 5) is 0. The molecule has 0 aliphatic rings. The summed E-state index contributed by atoms with van der Waals surface area (Å²) in [5.74, 6) is 0.701. The molecule has 3 aromatic rings. The molecule has 0 bridgehead atoms. The average molecular weight is 447 g/mol. The average Bonchev–Trinajstić information content (AvgIpc) is 3.04. The summed E-state index contributed by atoms with van der Waals surface area (Å²) in [7, 11) is 1.57. The predicted octanol–water partition coefficient (Wildman–Crippen LogP) is 5.51. The van der Waals surface area contributed by atoms with Crippen LogP contribution in [0.5, 0.6) is 5.75 Å². The summed E-state index contributed by atoms with van der Waals surface area (Å²) in [5, 5.41) is 8.56. The molecule has 0 unspecified atom stereocenters. The van der Waals surface area contributed by atoms with E-state index in [4.69, 9.17) is 16.3 Å². The van der Waals surface area contributed by atoms with Crippen LogP contribution in [0.15, 0.2) is 42.5 Å². The second-order valence-electron chi connectivity index (χ2n) is 5.32. The van der Waals surface area contributed by atoms with E-state index >= 15 is 0 Å². The van der Waals surface area contributed by atoms with E-state index < -0.39 is 11.7 Å². The molecule has 0 amide bonds. The SMILES string of the molecule is COc1ccc(-c2nnn(-c3ccc(C(F)(F)F)cc3Cl)c2CBr)cc1. The predicted molar refractivity (Wildman–Crippen MR) is 96.0 cm³/mol. The molecular formula is C17H12BrClF3N3O. The van der Waals surface area contributed by atoms with Crippen molar-refractivity contribution < 1.29 is 17.9 Å². The standard InChI is InChI=1S/C17H12BrClF3N3O/c1-26-12-5-2-10(3-6-12)16-15(9-18)25(24-23-16)14-7-4-11(8-13(14)19)17(20,21)22/h2-8H,9H2,1H3. The van der Waals surface area contributed by atoms with Gasteiger partial charge in [-0.3, -0.25) is 0 Å². The zero-order valence-corrected chi connectivity index (χ0v) is 15.7. The lowest BCUT2D eigenvalue weighted by Crippen LogP contribution is -2.07. The normalized spacial score (nSPS) is 11.6. The Hall–Kier alpha value is -2.06. The second kappa shape index (κ2) is 7.28. The maximum absolute atomic E-state index is 12.8. The smallest absolute Gasteiger partial charge is 0.416 e. The maximum Gasteiger partial charge on any atom is 0.416 e. The van der Waals surface area contributed by atoms with Crippen LogP contribution in [0.1, 0.15) is 11.3 Å². The first-order valence-electron chi connectivity index (χ1n) is 7.37. The molecule has 0 aliphatic heterocycles. The van der Waals surface area contributed by atoms with Gasteiger partial charge < -0.3 is 4.74 Å². The van der Waals surface area contributed by atoms with Crippen LogP contribution >= 0.6 is 27.5 Å². The molecule has 0 aliphatic carbocycles. The van der Waals surface area contributed by atoms with Crippen LogP contribution in [0, 0.1) is 0 Å². The monoisotopic (exact) mass is 445 g/mol. The molecule has 1 heterocycles. The van der Waals surface area contributed by atoms with Gasteiger partial charge in [-0.25, -0.2) is 4.68 Å². The molecule has 2 aromatic carbocycles. The number of nitrogens with zero attached hydrogens (tertiary/aromatic N) is 3. The fourth-order valence-corrected chi connectivity index (χ4v) is 3.21. The molecule has 0 saturated carbocycles. The van der Waals surface area contributed by atoms with Crippen molar-refractivity contribution in [1.82, 2.24) is 15.0 Å². The van der Waals surface area contributed by atoms with Crippen molar-refractivity contribution in [3.63, 3.8) is 0 Å². The zero-order valence-electron chi connectivity index (χ0n) is 13.4. The highest BCUT2D eigenvalue weighted by atomic mass is 79.9.